The smallest absolute Gasteiger partial charge is 0.259 e. The number of nitrogens with zero attached hydrogens (tertiary/aromatic N) is 1. The van der Waals surface area contributed by atoms with E-state index in [0.717, 1.165) is 27.0 Å². The van der Waals surface area contributed by atoms with Crippen LogP contribution in [0.1, 0.15) is 26.5 Å². The van der Waals surface area contributed by atoms with Gasteiger partial charge in [0.25, 0.3) is 5.91 Å². The molecule has 0 aliphatic heterocycles. The normalized spacial score (nSPS) is 10.9. The summed E-state index contributed by atoms with van der Waals surface area (Å²) >= 11 is 1.37. The van der Waals surface area contributed by atoms with E-state index in [1.54, 1.807) is 0 Å². The molecular formula is C11H12N2OS. The zero-order valence-corrected chi connectivity index (χ0v) is 9.73. The second-order valence-corrected chi connectivity index (χ2v) is 4.68. The number of nitrogens with two attached hydrogens (primary N) is 1. The molecule has 0 saturated heterocycles. The number of primary amides is 1. The van der Waals surface area contributed by atoms with Gasteiger partial charge in [0.2, 0.25) is 0 Å². The van der Waals surface area contributed by atoms with Crippen LogP contribution in [0, 0.1) is 20.8 Å². The Morgan fingerprint density at radius 3 is 2.67 bits per heavy atom. The summed E-state index contributed by atoms with van der Waals surface area (Å²) in [7, 11) is 0. The van der Waals surface area contributed by atoms with Gasteiger partial charge in [0.1, 0.15) is 4.83 Å². The van der Waals surface area contributed by atoms with Crippen molar-refractivity contribution in [3.8, 4) is 0 Å². The molecule has 4 heteroatoms. The van der Waals surface area contributed by atoms with E-state index in [-0.39, 0.29) is 5.91 Å². The number of carbonyl (C=O) groups excluding carboxylic acids is 1. The van der Waals surface area contributed by atoms with Crippen molar-refractivity contribution < 1.29 is 4.79 Å². The van der Waals surface area contributed by atoms with E-state index in [1.807, 2.05) is 26.8 Å². The molecule has 0 atom stereocenters. The molecule has 0 aliphatic carbocycles. The predicted octanol–water partition coefficient (Wildman–Crippen LogP) is 2.32. The Balaban J connectivity index is 2.88. The Morgan fingerprint density at radius 2 is 2.07 bits per heavy atom. The van der Waals surface area contributed by atoms with Gasteiger partial charge in [0.15, 0.2) is 0 Å². The monoisotopic (exact) mass is 220 g/mol. The molecule has 0 unspecified atom stereocenters. The van der Waals surface area contributed by atoms with E-state index in [2.05, 4.69) is 4.98 Å². The first-order chi connectivity index (χ1) is 7.00. The van der Waals surface area contributed by atoms with E-state index in [4.69, 9.17) is 5.73 Å². The van der Waals surface area contributed by atoms with Crippen molar-refractivity contribution in [2.24, 2.45) is 5.73 Å². The first-order valence-electron chi connectivity index (χ1n) is 4.68. The van der Waals surface area contributed by atoms with E-state index in [9.17, 15) is 4.79 Å². The first kappa shape index (κ1) is 10.1. The summed E-state index contributed by atoms with van der Waals surface area (Å²) in [5.74, 6) is -0.368. The molecular weight excluding hydrogens is 208 g/mol. The minimum absolute atomic E-state index is 0.368. The molecule has 78 valence electrons. The van der Waals surface area contributed by atoms with Crippen LogP contribution in [0.25, 0.3) is 10.2 Å². The van der Waals surface area contributed by atoms with Crippen molar-refractivity contribution in [1.29, 1.82) is 0 Å². The predicted molar refractivity (Wildman–Crippen MR) is 62.3 cm³/mol. The third-order valence-electron chi connectivity index (χ3n) is 2.45. The molecule has 0 bridgehead atoms. The number of hydrogen-bond donors (Lipinski definition) is 1. The molecule has 0 aromatic carbocycles. The maximum Gasteiger partial charge on any atom is 0.259 e. The van der Waals surface area contributed by atoms with E-state index in [0.29, 0.717) is 4.88 Å². The molecule has 2 heterocycles. The number of pyridine rings is 1. The molecule has 3 nitrogen and oxygen atoms in total. The Kier molecular flexibility index (Phi) is 2.23. The number of thiophene rings is 1. The average Bonchev–Trinajstić information content (AvgIpc) is 2.42. The standard InChI is InChI=1S/C11H12N2OS/c1-5-4-6(2)13-11-8(5)7(3)9(15-11)10(12)14/h4H,1-3H3,(H2,12,14). The number of aryl methyl sites for hydroxylation is 3. The summed E-state index contributed by atoms with van der Waals surface area (Å²) in [5, 5.41) is 1.07. The van der Waals surface area contributed by atoms with Gasteiger partial charge in [-0.1, -0.05) is 0 Å². The van der Waals surface area contributed by atoms with Crippen LogP contribution < -0.4 is 5.73 Å². The second-order valence-electron chi connectivity index (χ2n) is 3.68. The van der Waals surface area contributed by atoms with Crippen molar-refractivity contribution in [2.75, 3.05) is 0 Å². The molecule has 1 amide bonds. The first-order valence-corrected chi connectivity index (χ1v) is 5.49. The SMILES string of the molecule is Cc1cc(C)c2c(C)c(C(N)=O)sc2n1. The maximum atomic E-state index is 11.2. The molecule has 2 aromatic heterocycles. The lowest BCUT2D eigenvalue weighted by molar-refractivity contribution is 0.100. The summed E-state index contributed by atoms with van der Waals surface area (Å²) in [4.78, 5) is 17.1. The average molecular weight is 220 g/mol. The number of hydrogen-bond acceptors (Lipinski definition) is 3. The maximum absolute atomic E-state index is 11.2. The lowest BCUT2D eigenvalue weighted by atomic mass is 10.1. The molecule has 2 aromatic rings. The zero-order valence-electron chi connectivity index (χ0n) is 8.92. The van der Waals surface area contributed by atoms with Crippen LogP contribution >= 0.6 is 11.3 Å². The van der Waals surface area contributed by atoms with Crippen LogP contribution in [0.5, 0.6) is 0 Å². The van der Waals surface area contributed by atoms with Crippen LogP contribution in [0.3, 0.4) is 0 Å². The summed E-state index contributed by atoms with van der Waals surface area (Å²) in [6.07, 6.45) is 0. The fraction of sp³-hybridized carbons (Fsp3) is 0.273. The Hall–Kier alpha value is -1.42. The van der Waals surface area contributed by atoms with E-state index in [1.165, 1.54) is 11.3 Å². The van der Waals surface area contributed by atoms with Gasteiger partial charge in [-0.2, -0.15) is 0 Å². The molecule has 0 radical (unpaired) electrons. The molecule has 0 saturated carbocycles. The van der Waals surface area contributed by atoms with Gasteiger partial charge < -0.3 is 5.73 Å². The van der Waals surface area contributed by atoms with Crippen LogP contribution in [0.2, 0.25) is 0 Å². The van der Waals surface area contributed by atoms with Gasteiger partial charge in [0, 0.05) is 11.1 Å². The minimum atomic E-state index is -0.368. The van der Waals surface area contributed by atoms with Crippen LogP contribution in [-0.2, 0) is 0 Å². The molecule has 15 heavy (non-hydrogen) atoms. The van der Waals surface area contributed by atoms with Crippen molar-refractivity contribution >= 4 is 27.5 Å². The third kappa shape index (κ3) is 1.51. The third-order valence-corrected chi connectivity index (χ3v) is 3.65. The molecule has 0 aliphatic rings. The highest BCUT2D eigenvalue weighted by Gasteiger charge is 2.15. The Morgan fingerprint density at radius 1 is 1.40 bits per heavy atom. The quantitative estimate of drug-likeness (QED) is 0.801. The van der Waals surface area contributed by atoms with Gasteiger partial charge in [-0.3, -0.25) is 4.79 Å². The summed E-state index contributed by atoms with van der Waals surface area (Å²) < 4.78 is 0. The minimum Gasteiger partial charge on any atom is -0.365 e. The van der Waals surface area contributed by atoms with Gasteiger partial charge in [0.05, 0.1) is 4.88 Å². The number of fused-ring (bicyclic) bond motifs is 1. The van der Waals surface area contributed by atoms with Crippen molar-refractivity contribution in [2.45, 2.75) is 20.8 Å². The lowest BCUT2D eigenvalue weighted by Gasteiger charge is -1.99. The molecule has 0 fully saturated rings. The topological polar surface area (TPSA) is 56.0 Å². The largest absolute Gasteiger partial charge is 0.365 e. The van der Waals surface area contributed by atoms with Crippen LogP contribution in [-0.4, -0.2) is 10.9 Å². The second kappa shape index (κ2) is 3.31. The van der Waals surface area contributed by atoms with Crippen molar-refractivity contribution in [3.05, 3.63) is 27.8 Å². The Bertz CT molecular complexity index is 557. The fourth-order valence-corrected chi connectivity index (χ4v) is 3.01. The van der Waals surface area contributed by atoms with Gasteiger partial charge in [-0.25, -0.2) is 4.98 Å². The number of carbonyl (C=O) groups is 1. The highest BCUT2D eigenvalue weighted by molar-refractivity contribution is 7.20. The molecule has 2 rings (SSSR count). The van der Waals surface area contributed by atoms with Gasteiger partial charge in [-0.15, -0.1) is 11.3 Å². The van der Waals surface area contributed by atoms with E-state index < -0.39 is 0 Å². The molecule has 0 spiro atoms. The highest BCUT2D eigenvalue weighted by atomic mass is 32.1. The highest BCUT2D eigenvalue weighted by Crippen LogP contribution is 2.31. The number of rotatable bonds is 1. The summed E-state index contributed by atoms with van der Waals surface area (Å²) in [5.41, 5.74) is 8.38. The van der Waals surface area contributed by atoms with Crippen LogP contribution in [0.15, 0.2) is 6.07 Å². The number of amides is 1. The van der Waals surface area contributed by atoms with Crippen molar-refractivity contribution in [3.63, 3.8) is 0 Å². The summed E-state index contributed by atoms with van der Waals surface area (Å²) in [6, 6.07) is 2.02. The van der Waals surface area contributed by atoms with Crippen LogP contribution in [0.4, 0.5) is 0 Å². The lowest BCUT2D eigenvalue weighted by Crippen LogP contribution is -2.09. The Labute approximate surface area is 91.9 Å². The van der Waals surface area contributed by atoms with Gasteiger partial charge in [-0.05, 0) is 38.0 Å². The molecule has 2 N–H and O–H groups in total. The van der Waals surface area contributed by atoms with E-state index >= 15 is 0 Å². The van der Waals surface area contributed by atoms with Crippen molar-refractivity contribution in [1.82, 2.24) is 4.98 Å². The zero-order chi connectivity index (χ0) is 11.2. The fourth-order valence-electron chi connectivity index (χ4n) is 1.85. The summed E-state index contributed by atoms with van der Waals surface area (Å²) in [6.45, 7) is 5.90. The van der Waals surface area contributed by atoms with Gasteiger partial charge >= 0.3 is 0 Å². The number of aromatic nitrogens is 1.